The van der Waals surface area contributed by atoms with Crippen molar-refractivity contribution in [3.8, 4) is 17.3 Å². The highest BCUT2D eigenvalue weighted by molar-refractivity contribution is 5.95. The maximum atomic E-state index is 12.9. The molecule has 2 heterocycles. The van der Waals surface area contributed by atoms with Gasteiger partial charge in [0.25, 0.3) is 5.91 Å². The van der Waals surface area contributed by atoms with Crippen molar-refractivity contribution in [3.63, 3.8) is 0 Å². The zero-order valence-electron chi connectivity index (χ0n) is 15.2. The lowest BCUT2D eigenvalue weighted by Gasteiger charge is -2.19. The summed E-state index contributed by atoms with van der Waals surface area (Å²) < 4.78 is 5.20. The Morgan fingerprint density at radius 2 is 2.11 bits per heavy atom. The summed E-state index contributed by atoms with van der Waals surface area (Å²) in [5, 5.41) is 12.9. The summed E-state index contributed by atoms with van der Waals surface area (Å²) in [5.41, 5.74) is 2.49. The first-order valence-electron chi connectivity index (χ1n) is 8.72. The van der Waals surface area contributed by atoms with Crippen molar-refractivity contribution in [1.82, 2.24) is 20.0 Å². The van der Waals surface area contributed by atoms with Gasteiger partial charge in [-0.2, -0.15) is 10.2 Å². The van der Waals surface area contributed by atoms with E-state index in [4.69, 9.17) is 9.78 Å². The van der Waals surface area contributed by atoms with Crippen molar-refractivity contribution in [1.29, 1.82) is 5.26 Å². The van der Waals surface area contributed by atoms with E-state index in [-0.39, 0.29) is 12.5 Å². The first-order chi connectivity index (χ1) is 13.1. The maximum Gasteiger partial charge on any atom is 0.254 e. The molecule has 0 saturated carbocycles. The van der Waals surface area contributed by atoms with Crippen molar-refractivity contribution in [2.45, 2.75) is 26.8 Å². The number of amides is 1. The van der Waals surface area contributed by atoms with Gasteiger partial charge in [-0.25, -0.2) is 0 Å². The van der Waals surface area contributed by atoms with E-state index >= 15 is 0 Å². The summed E-state index contributed by atoms with van der Waals surface area (Å²) in [4.78, 5) is 23.1. The van der Waals surface area contributed by atoms with E-state index in [2.05, 4.69) is 21.2 Å². The van der Waals surface area contributed by atoms with E-state index in [1.54, 1.807) is 41.4 Å². The molecule has 2 aromatic heterocycles. The Balaban J connectivity index is 1.84. The Morgan fingerprint density at radius 1 is 1.26 bits per heavy atom. The first-order valence-corrected chi connectivity index (χ1v) is 8.72. The van der Waals surface area contributed by atoms with Gasteiger partial charge in [0.05, 0.1) is 17.3 Å². The number of aryl methyl sites for hydroxylation is 1. The quantitative estimate of drug-likeness (QED) is 0.669. The minimum absolute atomic E-state index is 0.132. The zero-order chi connectivity index (χ0) is 19.2. The van der Waals surface area contributed by atoms with Crippen LogP contribution in [0.4, 0.5) is 0 Å². The molecule has 0 spiro atoms. The third-order valence-electron chi connectivity index (χ3n) is 4.12. The summed E-state index contributed by atoms with van der Waals surface area (Å²) >= 11 is 0. The molecule has 0 aliphatic rings. The van der Waals surface area contributed by atoms with Gasteiger partial charge in [0.1, 0.15) is 6.54 Å². The van der Waals surface area contributed by atoms with Gasteiger partial charge in [0.2, 0.25) is 5.89 Å². The van der Waals surface area contributed by atoms with E-state index in [0.29, 0.717) is 41.5 Å². The Labute approximate surface area is 157 Å². The van der Waals surface area contributed by atoms with Gasteiger partial charge in [-0.1, -0.05) is 24.2 Å². The average Bonchev–Trinajstić information content (AvgIpc) is 3.19. The summed E-state index contributed by atoms with van der Waals surface area (Å²) in [6.07, 6.45) is 2.27. The van der Waals surface area contributed by atoms with Gasteiger partial charge in [-0.3, -0.25) is 9.78 Å². The van der Waals surface area contributed by atoms with Crippen LogP contribution in [0.5, 0.6) is 0 Å². The number of nitriles is 1. The van der Waals surface area contributed by atoms with Crippen LogP contribution in [-0.4, -0.2) is 32.5 Å². The Hall–Kier alpha value is -3.53. The fourth-order valence-corrected chi connectivity index (χ4v) is 2.64. The fraction of sp³-hybridized carbons (Fsp3) is 0.250. The van der Waals surface area contributed by atoms with E-state index < -0.39 is 0 Å². The molecule has 3 rings (SSSR count). The average molecular weight is 361 g/mol. The molecule has 7 heteroatoms. The molecule has 0 aliphatic heterocycles. The summed E-state index contributed by atoms with van der Waals surface area (Å²) in [7, 11) is 0. The highest BCUT2D eigenvalue weighted by Gasteiger charge is 2.18. The van der Waals surface area contributed by atoms with Gasteiger partial charge in [0.15, 0.2) is 5.82 Å². The van der Waals surface area contributed by atoms with E-state index in [9.17, 15) is 4.79 Å². The lowest BCUT2D eigenvalue weighted by Crippen LogP contribution is -2.30. The van der Waals surface area contributed by atoms with Crippen LogP contribution in [0.3, 0.4) is 0 Å². The number of carbonyl (C=O) groups excluding carboxylic acids is 1. The molecule has 0 atom stereocenters. The maximum absolute atomic E-state index is 12.9. The van der Waals surface area contributed by atoms with Crippen LogP contribution in [0.25, 0.3) is 11.3 Å². The molecule has 136 valence electrons. The lowest BCUT2D eigenvalue weighted by molar-refractivity contribution is 0.0734. The number of pyridine rings is 1. The number of nitrogens with zero attached hydrogens (tertiary/aromatic N) is 5. The van der Waals surface area contributed by atoms with Crippen LogP contribution < -0.4 is 0 Å². The molecule has 0 bridgehead atoms. The number of hydrogen-bond donors (Lipinski definition) is 0. The first kappa shape index (κ1) is 18.3. The molecule has 7 nitrogen and oxygen atoms in total. The number of carbonyl (C=O) groups is 1. The second kappa shape index (κ2) is 8.23. The molecule has 0 radical (unpaired) electrons. The van der Waals surface area contributed by atoms with Crippen LogP contribution in [0.1, 0.15) is 41.5 Å². The number of rotatable bonds is 6. The van der Waals surface area contributed by atoms with Crippen molar-refractivity contribution >= 4 is 5.91 Å². The monoisotopic (exact) mass is 361 g/mol. The van der Waals surface area contributed by atoms with E-state index in [1.807, 2.05) is 19.9 Å². The summed E-state index contributed by atoms with van der Waals surface area (Å²) in [6.45, 7) is 4.61. The Kier molecular flexibility index (Phi) is 5.57. The minimum Gasteiger partial charge on any atom is -0.337 e. The standard InChI is InChI=1S/C20H19N5O2/c1-3-18-23-19(27-24-18)13-25(4-2)20(26)16-7-5-6-15(11-16)17-10-14(12-21)8-9-22-17/h5-11H,3-4,13H2,1-2H3. The number of hydrogen-bond acceptors (Lipinski definition) is 6. The van der Waals surface area contributed by atoms with E-state index in [0.717, 1.165) is 5.56 Å². The second-order valence-electron chi connectivity index (χ2n) is 5.90. The molecule has 0 unspecified atom stereocenters. The topological polar surface area (TPSA) is 95.9 Å². The predicted octanol–water partition coefficient (Wildman–Crippen LogP) is 3.23. The normalized spacial score (nSPS) is 10.4. The lowest BCUT2D eigenvalue weighted by atomic mass is 10.1. The Morgan fingerprint density at radius 3 is 2.81 bits per heavy atom. The van der Waals surface area contributed by atoms with Gasteiger partial charge in [-0.15, -0.1) is 0 Å². The molecule has 3 aromatic rings. The zero-order valence-corrected chi connectivity index (χ0v) is 15.2. The van der Waals surface area contributed by atoms with Crippen LogP contribution in [0.2, 0.25) is 0 Å². The molecule has 0 fully saturated rings. The number of benzene rings is 1. The fourth-order valence-electron chi connectivity index (χ4n) is 2.64. The largest absolute Gasteiger partial charge is 0.337 e. The van der Waals surface area contributed by atoms with Crippen LogP contribution in [-0.2, 0) is 13.0 Å². The number of aromatic nitrogens is 3. The van der Waals surface area contributed by atoms with Crippen molar-refractivity contribution in [2.24, 2.45) is 0 Å². The highest BCUT2D eigenvalue weighted by atomic mass is 16.5. The van der Waals surface area contributed by atoms with Crippen molar-refractivity contribution in [2.75, 3.05) is 6.54 Å². The molecule has 1 aromatic carbocycles. The molecule has 0 aliphatic carbocycles. The smallest absolute Gasteiger partial charge is 0.254 e. The third kappa shape index (κ3) is 4.18. The predicted molar refractivity (Wildman–Crippen MR) is 98.5 cm³/mol. The van der Waals surface area contributed by atoms with Crippen molar-refractivity contribution in [3.05, 3.63) is 65.4 Å². The Bertz CT molecular complexity index is 990. The second-order valence-corrected chi connectivity index (χ2v) is 5.90. The molecule has 0 N–H and O–H groups in total. The summed E-state index contributed by atoms with van der Waals surface area (Å²) in [6, 6.07) is 12.6. The summed E-state index contributed by atoms with van der Waals surface area (Å²) in [5.74, 6) is 0.910. The van der Waals surface area contributed by atoms with Gasteiger partial charge < -0.3 is 9.42 Å². The van der Waals surface area contributed by atoms with Gasteiger partial charge in [-0.05, 0) is 31.2 Å². The van der Waals surface area contributed by atoms with Crippen LogP contribution >= 0.6 is 0 Å². The third-order valence-corrected chi connectivity index (χ3v) is 4.12. The van der Waals surface area contributed by atoms with Crippen molar-refractivity contribution < 1.29 is 9.32 Å². The minimum atomic E-state index is -0.132. The van der Waals surface area contributed by atoms with E-state index in [1.165, 1.54) is 0 Å². The molecular weight excluding hydrogens is 342 g/mol. The van der Waals surface area contributed by atoms with Gasteiger partial charge >= 0.3 is 0 Å². The van der Waals surface area contributed by atoms with Gasteiger partial charge in [0, 0.05) is 30.3 Å². The molecular formula is C20H19N5O2. The molecule has 0 saturated heterocycles. The SMILES string of the molecule is CCc1noc(CN(CC)C(=O)c2cccc(-c3cc(C#N)ccn3)c2)n1. The van der Waals surface area contributed by atoms with Crippen LogP contribution in [0.15, 0.2) is 47.1 Å². The van der Waals surface area contributed by atoms with Crippen LogP contribution in [0, 0.1) is 11.3 Å². The molecule has 27 heavy (non-hydrogen) atoms. The highest BCUT2D eigenvalue weighted by Crippen LogP contribution is 2.20. The molecule has 1 amide bonds.